The summed E-state index contributed by atoms with van der Waals surface area (Å²) in [5.41, 5.74) is 2.13. The summed E-state index contributed by atoms with van der Waals surface area (Å²) in [5.74, 6) is 0. The number of fused-ring (bicyclic) bond motifs is 1. The molecular formula is C18H11N3O2S. The van der Waals surface area contributed by atoms with Crippen LogP contribution in [0.5, 0.6) is 0 Å². The van der Waals surface area contributed by atoms with Crippen molar-refractivity contribution in [1.82, 2.24) is 9.97 Å². The summed E-state index contributed by atoms with van der Waals surface area (Å²) in [7, 11) is 0. The molecule has 0 N–H and O–H groups in total. The maximum absolute atomic E-state index is 11.2. The molecule has 6 heteroatoms. The van der Waals surface area contributed by atoms with E-state index in [2.05, 4.69) is 9.97 Å². The molecule has 0 saturated carbocycles. The first-order valence-corrected chi connectivity index (χ1v) is 8.14. The van der Waals surface area contributed by atoms with E-state index in [9.17, 15) is 10.1 Å². The van der Waals surface area contributed by atoms with E-state index in [0.29, 0.717) is 11.3 Å². The first kappa shape index (κ1) is 14.5. The molecule has 5 nitrogen and oxygen atoms in total. The number of aromatic nitrogens is 2. The Hall–Kier alpha value is -3.12. The minimum Gasteiger partial charge on any atom is -0.263 e. The number of pyridine rings is 1. The van der Waals surface area contributed by atoms with Gasteiger partial charge < -0.3 is 0 Å². The van der Waals surface area contributed by atoms with Crippen molar-refractivity contribution in [2.24, 2.45) is 0 Å². The van der Waals surface area contributed by atoms with Crippen molar-refractivity contribution in [3.8, 4) is 21.8 Å². The quantitative estimate of drug-likeness (QED) is 0.393. The molecule has 0 unspecified atom stereocenters. The lowest BCUT2D eigenvalue weighted by Crippen LogP contribution is -1.91. The number of nitrogens with zero attached hydrogens (tertiary/aromatic N) is 3. The number of benzene rings is 2. The Morgan fingerprint density at radius 1 is 0.958 bits per heavy atom. The highest BCUT2D eigenvalue weighted by atomic mass is 32.1. The number of para-hydroxylation sites is 1. The van der Waals surface area contributed by atoms with Gasteiger partial charge in [0.25, 0.3) is 5.69 Å². The average Bonchev–Trinajstić information content (AvgIpc) is 3.11. The van der Waals surface area contributed by atoms with Gasteiger partial charge in [0.2, 0.25) is 0 Å². The smallest absolute Gasteiger partial charge is 0.263 e. The van der Waals surface area contributed by atoms with E-state index < -0.39 is 0 Å². The molecule has 0 atom stereocenters. The molecular weight excluding hydrogens is 322 g/mol. The SMILES string of the molecule is O=[N+]([O-])c1ccccc1-c1csc(-c2cncc3ccccc23)n1. The molecule has 0 aliphatic carbocycles. The summed E-state index contributed by atoms with van der Waals surface area (Å²) in [5, 5.41) is 16.0. The molecule has 0 spiro atoms. The van der Waals surface area contributed by atoms with Crippen molar-refractivity contribution < 1.29 is 4.92 Å². The van der Waals surface area contributed by atoms with Crippen molar-refractivity contribution >= 4 is 27.8 Å². The number of thiazole rings is 1. The van der Waals surface area contributed by atoms with E-state index in [1.807, 2.05) is 35.8 Å². The van der Waals surface area contributed by atoms with Crippen LogP contribution in [0.4, 0.5) is 5.69 Å². The molecule has 24 heavy (non-hydrogen) atoms. The van der Waals surface area contributed by atoms with Crippen LogP contribution in [0.25, 0.3) is 32.6 Å². The molecule has 2 aromatic carbocycles. The lowest BCUT2D eigenvalue weighted by Gasteiger charge is -2.02. The summed E-state index contributed by atoms with van der Waals surface area (Å²) in [6.45, 7) is 0. The summed E-state index contributed by atoms with van der Waals surface area (Å²) in [6, 6.07) is 14.6. The third kappa shape index (κ3) is 2.43. The maximum Gasteiger partial charge on any atom is 0.278 e. The Balaban J connectivity index is 1.85. The van der Waals surface area contributed by atoms with Crippen LogP contribution in [0, 0.1) is 10.1 Å². The van der Waals surface area contributed by atoms with Gasteiger partial charge in [-0.3, -0.25) is 15.1 Å². The third-order valence-corrected chi connectivity index (χ3v) is 4.66. The zero-order valence-electron chi connectivity index (χ0n) is 12.4. The lowest BCUT2D eigenvalue weighted by molar-refractivity contribution is -0.384. The second-order valence-corrected chi connectivity index (χ2v) is 6.08. The fourth-order valence-electron chi connectivity index (χ4n) is 2.66. The molecule has 0 fully saturated rings. The minimum atomic E-state index is -0.381. The topological polar surface area (TPSA) is 68.9 Å². The summed E-state index contributed by atoms with van der Waals surface area (Å²) in [4.78, 5) is 19.7. The van der Waals surface area contributed by atoms with Crippen molar-refractivity contribution in [3.05, 3.63) is 76.4 Å². The highest BCUT2D eigenvalue weighted by molar-refractivity contribution is 7.13. The molecule has 116 valence electrons. The number of hydrogen-bond donors (Lipinski definition) is 0. The van der Waals surface area contributed by atoms with Crippen LogP contribution in [0.1, 0.15) is 0 Å². The standard InChI is InChI=1S/C18H11N3O2S/c22-21(23)17-8-4-3-7-14(17)16-11-24-18(20-16)15-10-19-9-12-5-1-2-6-13(12)15/h1-11H. The van der Waals surface area contributed by atoms with Gasteiger partial charge in [-0.25, -0.2) is 4.98 Å². The number of nitro groups is 1. The number of nitro benzene ring substituents is 1. The summed E-state index contributed by atoms with van der Waals surface area (Å²) < 4.78 is 0. The fourth-order valence-corrected chi connectivity index (χ4v) is 3.50. The van der Waals surface area contributed by atoms with Gasteiger partial charge in [0.05, 0.1) is 16.2 Å². The molecule has 0 bridgehead atoms. The lowest BCUT2D eigenvalue weighted by atomic mass is 10.1. The molecule has 2 aromatic heterocycles. The van der Waals surface area contributed by atoms with Crippen LogP contribution >= 0.6 is 11.3 Å². The van der Waals surface area contributed by atoms with E-state index in [1.165, 1.54) is 17.4 Å². The van der Waals surface area contributed by atoms with Gasteiger partial charge in [0, 0.05) is 34.8 Å². The van der Waals surface area contributed by atoms with Gasteiger partial charge in [0.1, 0.15) is 5.01 Å². The number of rotatable bonds is 3. The largest absolute Gasteiger partial charge is 0.278 e. The number of hydrogen-bond acceptors (Lipinski definition) is 5. The third-order valence-electron chi connectivity index (χ3n) is 3.78. The van der Waals surface area contributed by atoms with Crippen LogP contribution in [-0.2, 0) is 0 Å². The molecule has 2 heterocycles. The van der Waals surface area contributed by atoms with E-state index in [-0.39, 0.29) is 10.6 Å². The van der Waals surface area contributed by atoms with Crippen molar-refractivity contribution in [3.63, 3.8) is 0 Å². The highest BCUT2D eigenvalue weighted by Crippen LogP contribution is 2.35. The van der Waals surface area contributed by atoms with E-state index in [0.717, 1.165) is 21.3 Å². The zero-order valence-corrected chi connectivity index (χ0v) is 13.2. The molecule has 0 aliphatic heterocycles. The van der Waals surface area contributed by atoms with Gasteiger partial charge in [-0.15, -0.1) is 11.3 Å². The first-order valence-electron chi connectivity index (χ1n) is 7.26. The average molecular weight is 333 g/mol. The summed E-state index contributed by atoms with van der Waals surface area (Å²) >= 11 is 1.46. The van der Waals surface area contributed by atoms with Crippen LogP contribution in [0.15, 0.2) is 66.3 Å². The first-order chi connectivity index (χ1) is 11.7. The van der Waals surface area contributed by atoms with Gasteiger partial charge >= 0.3 is 0 Å². The van der Waals surface area contributed by atoms with Gasteiger partial charge in [-0.05, 0) is 11.5 Å². The Kier molecular flexibility index (Phi) is 3.51. The Morgan fingerprint density at radius 3 is 2.62 bits per heavy atom. The Morgan fingerprint density at radius 2 is 1.75 bits per heavy atom. The van der Waals surface area contributed by atoms with Crippen LogP contribution < -0.4 is 0 Å². The van der Waals surface area contributed by atoms with Crippen molar-refractivity contribution in [1.29, 1.82) is 0 Å². The molecule has 0 radical (unpaired) electrons. The second kappa shape index (κ2) is 5.82. The van der Waals surface area contributed by atoms with Crippen LogP contribution in [-0.4, -0.2) is 14.9 Å². The van der Waals surface area contributed by atoms with Gasteiger partial charge in [-0.2, -0.15) is 0 Å². The maximum atomic E-state index is 11.2. The normalized spacial score (nSPS) is 10.8. The molecule has 4 aromatic rings. The van der Waals surface area contributed by atoms with E-state index >= 15 is 0 Å². The second-order valence-electron chi connectivity index (χ2n) is 5.22. The Labute approximate surface area is 141 Å². The molecule has 0 aliphatic rings. The molecule has 0 amide bonds. The predicted octanol–water partition coefficient (Wildman–Crippen LogP) is 4.93. The Bertz CT molecular complexity index is 1050. The minimum absolute atomic E-state index is 0.0606. The van der Waals surface area contributed by atoms with Crippen LogP contribution in [0.3, 0.4) is 0 Å². The van der Waals surface area contributed by atoms with Crippen molar-refractivity contribution in [2.75, 3.05) is 0 Å². The van der Waals surface area contributed by atoms with Crippen LogP contribution in [0.2, 0.25) is 0 Å². The molecule has 0 saturated heterocycles. The monoisotopic (exact) mass is 333 g/mol. The predicted molar refractivity (Wildman–Crippen MR) is 94.9 cm³/mol. The molecule has 4 rings (SSSR count). The van der Waals surface area contributed by atoms with Crippen molar-refractivity contribution in [2.45, 2.75) is 0 Å². The summed E-state index contributed by atoms with van der Waals surface area (Å²) in [6.07, 6.45) is 3.60. The van der Waals surface area contributed by atoms with E-state index in [1.54, 1.807) is 24.4 Å². The fraction of sp³-hybridized carbons (Fsp3) is 0. The van der Waals surface area contributed by atoms with E-state index in [4.69, 9.17) is 0 Å². The zero-order chi connectivity index (χ0) is 16.5. The van der Waals surface area contributed by atoms with Gasteiger partial charge in [-0.1, -0.05) is 36.4 Å². The van der Waals surface area contributed by atoms with Gasteiger partial charge in [0.15, 0.2) is 0 Å². The highest BCUT2D eigenvalue weighted by Gasteiger charge is 2.17.